The summed E-state index contributed by atoms with van der Waals surface area (Å²) in [6.45, 7) is 2.74. The lowest BCUT2D eigenvalue weighted by molar-refractivity contribution is 0.0981. The zero-order valence-electron chi connectivity index (χ0n) is 13.9. The SMILES string of the molecule is CC1Cc2cc(Br)ccc2N1C(=O)c1cnn(Cc2ccccc2)c1. The summed E-state index contributed by atoms with van der Waals surface area (Å²) in [6.07, 6.45) is 4.37. The van der Waals surface area contributed by atoms with Gasteiger partial charge in [-0.25, -0.2) is 0 Å². The van der Waals surface area contributed by atoms with Crippen molar-refractivity contribution in [2.45, 2.75) is 25.9 Å². The van der Waals surface area contributed by atoms with Crippen molar-refractivity contribution in [2.75, 3.05) is 4.90 Å². The highest BCUT2D eigenvalue weighted by molar-refractivity contribution is 9.10. The van der Waals surface area contributed by atoms with Crippen molar-refractivity contribution in [3.05, 3.63) is 82.1 Å². The summed E-state index contributed by atoms with van der Waals surface area (Å²) >= 11 is 3.50. The van der Waals surface area contributed by atoms with Crippen LogP contribution in [-0.2, 0) is 13.0 Å². The van der Waals surface area contributed by atoms with E-state index in [-0.39, 0.29) is 11.9 Å². The number of hydrogen-bond donors (Lipinski definition) is 0. The van der Waals surface area contributed by atoms with E-state index in [0.29, 0.717) is 12.1 Å². The third-order valence-corrected chi connectivity index (χ3v) is 5.04. The standard InChI is InChI=1S/C20H18BrN3O/c1-14-9-16-10-18(21)7-8-19(16)24(14)20(25)17-11-22-23(13-17)12-15-5-3-2-4-6-15/h2-8,10-11,13-14H,9,12H2,1H3. The second-order valence-electron chi connectivity index (χ2n) is 6.41. The van der Waals surface area contributed by atoms with E-state index in [4.69, 9.17) is 0 Å². The van der Waals surface area contributed by atoms with Crippen LogP contribution in [0.2, 0.25) is 0 Å². The van der Waals surface area contributed by atoms with Gasteiger partial charge in [-0.15, -0.1) is 0 Å². The number of nitrogens with zero attached hydrogens (tertiary/aromatic N) is 3. The second kappa shape index (κ2) is 6.48. The van der Waals surface area contributed by atoms with Crippen LogP contribution in [0, 0.1) is 0 Å². The first-order valence-corrected chi connectivity index (χ1v) is 9.09. The van der Waals surface area contributed by atoms with Gasteiger partial charge in [0.05, 0.1) is 18.3 Å². The minimum atomic E-state index is 0.00730. The minimum Gasteiger partial charge on any atom is -0.305 e. The molecule has 0 saturated carbocycles. The molecule has 0 saturated heterocycles. The quantitative estimate of drug-likeness (QED) is 0.663. The largest absolute Gasteiger partial charge is 0.305 e. The molecule has 25 heavy (non-hydrogen) atoms. The average Bonchev–Trinajstić information content (AvgIpc) is 3.18. The Kier molecular flexibility index (Phi) is 4.17. The van der Waals surface area contributed by atoms with Crippen LogP contribution in [-0.4, -0.2) is 21.7 Å². The van der Waals surface area contributed by atoms with Crippen LogP contribution < -0.4 is 4.90 Å². The Hall–Kier alpha value is -2.40. The average molecular weight is 396 g/mol. The van der Waals surface area contributed by atoms with Gasteiger partial charge in [0.25, 0.3) is 5.91 Å². The fourth-order valence-corrected chi connectivity index (χ4v) is 3.79. The lowest BCUT2D eigenvalue weighted by Crippen LogP contribution is -2.35. The van der Waals surface area contributed by atoms with E-state index in [1.54, 1.807) is 6.20 Å². The number of benzene rings is 2. The number of anilines is 1. The first-order valence-electron chi connectivity index (χ1n) is 8.30. The third-order valence-electron chi connectivity index (χ3n) is 4.54. The van der Waals surface area contributed by atoms with Crippen LogP contribution in [0.15, 0.2) is 65.4 Å². The highest BCUT2D eigenvalue weighted by Gasteiger charge is 2.32. The lowest BCUT2D eigenvalue weighted by Gasteiger charge is -2.22. The van der Waals surface area contributed by atoms with Crippen LogP contribution in [0.25, 0.3) is 0 Å². The Labute approximate surface area is 155 Å². The summed E-state index contributed by atoms with van der Waals surface area (Å²) in [5.74, 6) is 0.00730. The van der Waals surface area contributed by atoms with Crippen molar-refractivity contribution in [1.29, 1.82) is 0 Å². The maximum atomic E-state index is 13.0. The topological polar surface area (TPSA) is 38.1 Å². The predicted molar refractivity (Wildman–Crippen MR) is 102 cm³/mol. The molecule has 5 heteroatoms. The van der Waals surface area contributed by atoms with Gasteiger partial charge in [0.15, 0.2) is 0 Å². The molecule has 0 spiro atoms. The van der Waals surface area contributed by atoms with Crippen molar-refractivity contribution in [1.82, 2.24) is 9.78 Å². The number of carbonyl (C=O) groups is 1. The highest BCUT2D eigenvalue weighted by atomic mass is 79.9. The fraction of sp³-hybridized carbons (Fsp3) is 0.200. The number of carbonyl (C=O) groups excluding carboxylic acids is 1. The van der Waals surface area contributed by atoms with Crippen LogP contribution >= 0.6 is 15.9 Å². The summed E-state index contributed by atoms with van der Waals surface area (Å²) in [5.41, 5.74) is 3.98. The Morgan fingerprint density at radius 2 is 2.04 bits per heavy atom. The molecule has 0 radical (unpaired) electrons. The molecular formula is C20H18BrN3O. The molecule has 0 aliphatic carbocycles. The van der Waals surface area contributed by atoms with E-state index in [1.807, 2.05) is 46.1 Å². The summed E-state index contributed by atoms with van der Waals surface area (Å²) < 4.78 is 2.86. The van der Waals surface area contributed by atoms with Crippen molar-refractivity contribution in [3.8, 4) is 0 Å². The lowest BCUT2D eigenvalue weighted by atomic mass is 10.1. The number of fused-ring (bicyclic) bond motifs is 1. The Morgan fingerprint density at radius 3 is 2.84 bits per heavy atom. The van der Waals surface area contributed by atoms with E-state index in [2.05, 4.69) is 46.2 Å². The van der Waals surface area contributed by atoms with E-state index >= 15 is 0 Å². The van der Waals surface area contributed by atoms with Gasteiger partial charge < -0.3 is 4.90 Å². The summed E-state index contributed by atoms with van der Waals surface area (Å²) in [5, 5.41) is 4.36. The zero-order chi connectivity index (χ0) is 17.4. The van der Waals surface area contributed by atoms with Gasteiger partial charge in [-0.1, -0.05) is 46.3 Å². The normalized spacial score (nSPS) is 16.1. The van der Waals surface area contributed by atoms with Gasteiger partial charge in [0.1, 0.15) is 0 Å². The Morgan fingerprint density at radius 1 is 1.24 bits per heavy atom. The molecular weight excluding hydrogens is 378 g/mol. The number of aromatic nitrogens is 2. The smallest absolute Gasteiger partial charge is 0.261 e. The Bertz CT molecular complexity index is 920. The van der Waals surface area contributed by atoms with Crippen LogP contribution in [0.4, 0.5) is 5.69 Å². The molecule has 1 aliphatic rings. The number of hydrogen-bond acceptors (Lipinski definition) is 2. The van der Waals surface area contributed by atoms with E-state index in [0.717, 1.165) is 22.1 Å². The van der Waals surface area contributed by atoms with Gasteiger partial charge in [0, 0.05) is 22.4 Å². The molecule has 4 nitrogen and oxygen atoms in total. The van der Waals surface area contributed by atoms with E-state index < -0.39 is 0 Å². The van der Waals surface area contributed by atoms with Gasteiger partial charge in [-0.05, 0) is 42.7 Å². The van der Waals surface area contributed by atoms with Crippen molar-refractivity contribution in [3.63, 3.8) is 0 Å². The summed E-state index contributed by atoms with van der Waals surface area (Å²) in [4.78, 5) is 14.9. The third kappa shape index (κ3) is 3.12. The fourth-order valence-electron chi connectivity index (χ4n) is 3.38. The van der Waals surface area contributed by atoms with Crippen LogP contribution in [0.5, 0.6) is 0 Å². The van der Waals surface area contributed by atoms with Gasteiger partial charge in [-0.2, -0.15) is 5.10 Å². The highest BCUT2D eigenvalue weighted by Crippen LogP contribution is 2.35. The van der Waals surface area contributed by atoms with Gasteiger partial charge in [0.2, 0.25) is 0 Å². The summed E-state index contributed by atoms with van der Waals surface area (Å²) in [6, 6.07) is 16.3. The number of amides is 1. The molecule has 0 N–H and O–H groups in total. The van der Waals surface area contributed by atoms with Crippen LogP contribution in [0.1, 0.15) is 28.4 Å². The monoisotopic (exact) mass is 395 g/mol. The number of rotatable bonds is 3. The molecule has 1 aromatic heterocycles. The van der Waals surface area contributed by atoms with Crippen molar-refractivity contribution < 1.29 is 4.79 Å². The summed E-state index contributed by atoms with van der Waals surface area (Å²) in [7, 11) is 0. The second-order valence-corrected chi connectivity index (χ2v) is 7.33. The molecule has 1 unspecified atom stereocenters. The maximum absolute atomic E-state index is 13.0. The van der Waals surface area contributed by atoms with E-state index in [9.17, 15) is 4.79 Å². The molecule has 0 bridgehead atoms. The first kappa shape index (κ1) is 16.1. The molecule has 1 atom stereocenters. The van der Waals surface area contributed by atoms with Crippen molar-refractivity contribution >= 4 is 27.5 Å². The predicted octanol–water partition coefficient (Wildman–Crippen LogP) is 4.29. The molecule has 126 valence electrons. The molecule has 0 fully saturated rings. The molecule has 4 rings (SSSR count). The van der Waals surface area contributed by atoms with E-state index in [1.165, 1.54) is 5.56 Å². The van der Waals surface area contributed by atoms with Crippen molar-refractivity contribution in [2.24, 2.45) is 0 Å². The van der Waals surface area contributed by atoms with Gasteiger partial charge in [-0.3, -0.25) is 9.48 Å². The molecule has 3 aromatic rings. The molecule has 2 aromatic carbocycles. The Balaban J connectivity index is 1.58. The zero-order valence-corrected chi connectivity index (χ0v) is 15.5. The maximum Gasteiger partial charge on any atom is 0.261 e. The van der Waals surface area contributed by atoms with Gasteiger partial charge >= 0.3 is 0 Å². The van der Waals surface area contributed by atoms with Crippen LogP contribution in [0.3, 0.4) is 0 Å². The molecule has 2 heterocycles. The minimum absolute atomic E-state index is 0.00730. The first-order chi connectivity index (χ1) is 12.1. The molecule has 1 amide bonds. The molecule has 1 aliphatic heterocycles. The number of halogens is 1.